The lowest BCUT2D eigenvalue weighted by Crippen LogP contribution is -2.18. The lowest BCUT2D eigenvalue weighted by atomic mass is 10.2. The molecule has 1 fully saturated rings. The summed E-state index contributed by atoms with van der Waals surface area (Å²) >= 11 is 5.83. The molecule has 1 heterocycles. The molecule has 2 rings (SSSR count). The summed E-state index contributed by atoms with van der Waals surface area (Å²) < 4.78 is 0. The van der Waals surface area contributed by atoms with E-state index >= 15 is 0 Å². The van der Waals surface area contributed by atoms with Crippen LogP contribution in [-0.2, 0) is 0 Å². The maximum Gasteiger partial charge on any atom is 0.310 e. The van der Waals surface area contributed by atoms with Crippen LogP contribution in [0.4, 0.5) is 11.4 Å². The SMILES string of the molecule is O=[N+]([O-])c1c(Cl)cccc1N1CCCC1. The first-order chi connectivity index (χ1) is 7.20. The van der Waals surface area contributed by atoms with Crippen LogP contribution in [0.5, 0.6) is 0 Å². The second kappa shape index (κ2) is 4.06. The van der Waals surface area contributed by atoms with Crippen molar-refractivity contribution in [1.82, 2.24) is 0 Å². The van der Waals surface area contributed by atoms with Gasteiger partial charge in [0, 0.05) is 13.1 Å². The van der Waals surface area contributed by atoms with Gasteiger partial charge in [0.2, 0.25) is 0 Å². The van der Waals surface area contributed by atoms with Gasteiger partial charge < -0.3 is 4.90 Å². The highest BCUT2D eigenvalue weighted by Crippen LogP contribution is 2.36. The minimum absolute atomic E-state index is 0.0288. The predicted molar refractivity (Wildman–Crippen MR) is 59.6 cm³/mol. The fourth-order valence-electron chi connectivity index (χ4n) is 1.90. The largest absolute Gasteiger partial charge is 0.366 e. The summed E-state index contributed by atoms with van der Waals surface area (Å²) in [6.45, 7) is 1.75. The van der Waals surface area contributed by atoms with E-state index in [9.17, 15) is 10.1 Å². The number of nitro groups is 1. The van der Waals surface area contributed by atoms with Crippen LogP contribution in [0, 0.1) is 10.1 Å². The molecule has 0 amide bonds. The van der Waals surface area contributed by atoms with Crippen LogP contribution in [0.3, 0.4) is 0 Å². The molecule has 0 atom stereocenters. The van der Waals surface area contributed by atoms with Gasteiger partial charge in [0.05, 0.1) is 4.92 Å². The lowest BCUT2D eigenvalue weighted by Gasteiger charge is -2.17. The average Bonchev–Trinajstić information content (AvgIpc) is 2.69. The number of nitro benzene ring substituents is 1. The quantitative estimate of drug-likeness (QED) is 0.576. The highest BCUT2D eigenvalue weighted by molar-refractivity contribution is 6.33. The minimum Gasteiger partial charge on any atom is -0.366 e. The van der Waals surface area contributed by atoms with Crippen LogP contribution >= 0.6 is 11.6 Å². The lowest BCUT2D eigenvalue weighted by molar-refractivity contribution is -0.384. The number of nitrogens with zero attached hydrogens (tertiary/aromatic N) is 2. The van der Waals surface area contributed by atoms with Crippen molar-refractivity contribution in [2.24, 2.45) is 0 Å². The Morgan fingerprint density at radius 2 is 2.00 bits per heavy atom. The van der Waals surface area contributed by atoms with Gasteiger partial charge in [0.15, 0.2) is 0 Å². The summed E-state index contributed by atoms with van der Waals surface area (Å²) in [7, 11) is 0. The van der Waals surface area contributed by atoms with Crippen LogP contribution in [0.15, 0.2) is 18.2 Å². The third-order valence-electron chi connectivity index (χ3n) is 2.59. The zero-order valence-corrected chi connectivity index (χ0v) is 8.91. The van der Waals surface area contributed by atoms with E-state index in [0.717, 1.165) is 25.9 Å². The Balaban J connectivity index is 2.45. The van der Waals surface area contributed by atoms with E-state index in [-0.39, 0.29) is 10.7 Å². The molecule has 0 bridgehead atoms. The maximum atomic E-state index is 10.9. The topological polar surface area (TPSA) is 46.4 Å². The highest BCUT2D eigenvalue weighted by atomic mass is 35.5. The molecule has 0 N–H and O–H groups in total. The van der Waals surface area contributed by atoms with E-state index in [1.807, 2.05) is 4.90 Å². The third-order valence-corrected chi connectivity index (χ3v) is 2.90. The van der Waals surface area contributed by atoms with Crippen LogP contribution in [0.1, 0.15) is 12.8 Å². The van der Waals surface area contributed by atoms with Crippen molar-refractivity contribution < 1.29 is 4.92 Å². The number of benzene rings is 1. The number of halogens is 1. The van der Waals surface area contributed by atoms with Gasteiger partial charge in [-0.15, -0.1) is 0 Å². The fourth-order valence-corrected chi connectivity index (χ4v) is 2.14. The van der Waals surface area contributed by atoms with Crippen molar-refractivity contribution in [3.63, 3.8) is 0 Å². The Hall–Kier alpha value is -1.29. The molecule has 1 aliphatic rings. The fraction of sp³-hybridized carbons (Fsp3) is 0.400. The van der Waals surface area contributed by atoms with E-state index in [1.165, 1.54) is 0 Å². The molecule has 15 heavy (non-hydrogen) atoms. The van der Waals surface area contributed by atoms with E-state index in [1.54, 1.807) is 18.2 Å². The molecule has 5 heteroatoms. The molecule has 0 spiro atoms. The van der Waals surface area contributed by atoms with Crippen LogP contribution in [0.25, 0.3) is 0 Å². The van der Waals surface area contributed by atoms with E-state index in [0.29, 0.717) is 5.69 Å². The predicted octanol–water partition coefficient (Wildman–Crippen LogP) is 2.85. The Kier molecular flexibility index (Phi) is 2.77. The molecule has 1 saturated heterocycles. The zero-order valence-electron chi connectivity index (χ0n) is 8.15. The Labute approximate surface area is 92.6 Å². The molecule has 0 radical (unpaired) electrons. The molecule has 0 saturated carbocycles. The zero-order chi connectivity index (χ0) is 10.8. The van der Waals surface area contributed by atoms with Crippen molar-refractivity contribution in [2.75, 3.05) is 18.0 Å². The van der Waals surface area contributed by atoms with Crippen molar-refractivity contribution in [3.05, 3.63) is 33.3 Å². The Morgan fingerprint density at radius 1 is 1.33 bits per heavy atom. The number of hydrogen-bond donors (Lipinski definition) is 0. The molecule has 0 aromatic heterocycles. The average molecular weight is 227 g/mol. The van der Waals surface area contributed by atoms with Gasteiger partial charge in [-0.05, 0) is 25.0 Å². The third kappa shape index (κ3) is 1.90. The van der Waals surface area contributed by atoms with Gasteiger partial charge in [-0.25, -0.2) is 0 Å². The molecule has 1 aliphatic heterocycles. The van der Waals surface area contributed by atoms with Gasteiger partial charge in [-0.3, -0.25) is 10.1 Å². The second-order valence-corrected chi connectivity index (χ2v) is 3.97. The molecule has 1 aromatic rings. The standard InChI is InChI=1S/C10H11ClN2O2/c11-8-4-3-5-9(10(8)13(14)15)12-6-1-2-7-12/h3-5H,1-2,6-7H2. The summed E-state index contributed by atoms with van der Waals surface area (Å²) in [6, 6.07) is 5.07. The number of anilines is 1. The first-order valence-electron chi connectivity index (χ1n) is 4.88. The molecule has 0 aliphatic carbocycles. The number of hydrogen-bond acceptors (Lipinski definition) is 3. The maximum absolute atomic E-state index is 10.9. The van der Waals surface area contributed by atoms with Crippen LogP contribution < -0.4 is 4.90 Å². The van der Waals surface area contributed by atoms with Crippen molar-refractivity contribution in [2.45, 2.75) is 12.8 Å². The van der Waals surface area contributed by atoms with Crippen LogP contribution in [0.2, 0.25) is 5.02 Å². The number of para-hydroxylation sites is 1. The summed E-state index contributed by atoms with van der Waals surface area (Å²) in [5.41, 5.74) is 0.672. The molecule has 80 valence electrons. The summed E-state index contributed by atoms with van der Waals surface area (Å²) in [5.74, 6) is 0. The van der Waals surface area contributed by atoms with E-state index in [2.05, 4.69) is 0 Å². The molecule has 4 nitrogen and oxygen atoms in total. The highest BCUT2D eigenvalue weighted by Gasteiger charge is 2.24. The first kappa shape index (κ1) is 10.2. The smallest absolute Gasteiger partial charge is 0.310 e. The van der Waals surface area contributed by atoms with Crippen molar-refractivity contribution >= 4 is 23.0 Å². The minimum atomic E-state index is -0.407. The van der Waals surface area contributed by atoms with E-state index in [4.69, 9.17) is 11.6 Å². The number of rotatable bonds is 2. The molecular formula is C10H11ClN2O2. The summed E-state index contributed by atoms with van der Waals surface area (Å²) in [6.07, 6.45) is 2.17. The van der Waals surface area contributed by atoms with Crippen molar-refractivity contribution in [3.8, 4) is 0 Å². The normalized spacial score (nSPS) is 15.7. The van der Waals surface area contributed by atoms with Gasteiger partial charge in [-0.2, -0.15) is 0 Å². The first-order valence-corrected chi connectivity index (χ1v) is 5.26. The van der Waals surface area contributed by atoms with Gasteiger partial charge in [0.25, 0.3) is 0 Å². The van der Waals surface area contributed by atoms with E-state index < -0.39 is 4.92 Å². The van der Waals surface area contributed by atoms with Gasteiger partial charge in [-0.1, -0.05) is 17.7 Å². The Morgan fingerprint density at radius 3 is 2.60 bits per heavy atom. The van der Waals surface area contributed by atoms with Crippen LogP contribution in [-0.4, -0.2) is 18.0 Å². The monoisotopic (exact) mass is 226 g/mol. The Bertz CT molecular complexity index is 389. The summed E-state index contributed by atoms with van der Waals surface area (Å²) in [4.78, 5) is 12.5. The molecule has 1 aromatic carbocycles. The molecule has 0 unspecified atom stereocenters. The summed E-state index contributed by atoms with van der Waals surface area (Å²) in [5, 5.41) is 11.1. The molecular weight excluding hydrogens is 216 g/mol. The van der Waals surface area contributed by atoms with Gasteiger partial charge in [0.1, 0.15) is 10.7 Å². The second-order valence-electron chi connectivity index (χ2n) is 3.56. The van der Waals surface area contributed by atoms with Crippen molar-refractivity contribution in [1.29, 1.82) is 0 Å². The van der Waals surface area contributed by atoms with Gasteiger partial charge >= 0.3 is 5.69 Å².